The monoisotopic (exact) mass is 387 g/mol. The van der Waals surface area contributed by atoms with Crippen LogP contribution in [0.2, 0.25) is 5.28 Å². The average molecular weight is 388 g/mol. The van der Waals surface area contributed by atoms with E-state index in [9.17, 15) is 9.13 Å². The fourth-order valence-corrected chi connectivity index (χ4v) is 4.76. The van der Waals surface area contributed by atoms with Gasteiger partial charge in [-0.2, -0.15) is 15.0 Å². The summed E-state index contributed by atoms with van der Waals surface area (Å²) >= 11 is 5.84. The quantitative estimate of drug-likeness (QED) is 0.558. The molecule has 0 radical (unpaired) electrons. The van der Waals surface area contributed by atoms with Gasteiger partial charge >= 0.3 is 15.2 Å². The summed E-state index contributed by atoms with van der Waals surface area (Å²) in [4.78, 5) is 11.5. The van der Waals surface area contributed by atoms with Gasteiger partial charge in [-0.15, -0.1) is 0 Å². The molecule has 0 saturated heterocycles. The first-order valence-corrected chi connectivity index (χ1v) is 10.5. The number of rotatable bonds is 10. The van der Waals surface area contributed by atoms with E-state index in [0.717, 1.165) is 0 Å². The highest BCUT2D eigenvalue weighted by Crippen LogP contribution is 2.48. The van der Waals surface area contributed by atoms with Crippen molar-refractivity contribution in [2.75, 3.05) is 26.4 Å². The Morgan fingerprint density at radius 3 is 1.30 bits per heavy atom. The highest BCUT2D eigenvalue weighted by atomic mass is 35.5. The van der Waals surface area contributed by atoms with Crippen LogP contribution in [0.3, 0.4) is 0 Å². The summed E-state index contributed by atoms with van der Waals surface area (Å²) in [5, 5.41) is -0.315. The van der Waals surface area contributed by atoms with Gasteiger partial charge in [-0.25, -0.2) is 0 Å². The van der Waals surface area contributed by atoms with E-state index in [1.807, 2.05) is 0 Å². The molecule has 0 spiro atoms. The summed E-state index contributed by atoms with van der Waals surface area (Å²) in [6, 6.07) is 0. The van der Waals surface area contributed by atoms with Crippen molar-refractivity contribution < 1.29 is 27.2 Å². The SMILES string of the molecule is CCOP(=O)(OCC)c1nc(Cl)nc(P(=O)(OCC)OCC)n1. The first kappa shape index (κ1) is 20.6. The van der Waals surface area contributed by atoms with E-state index >= 15 is 0 Å². The maximum Gasteiger partial charge on any atom is 0.398 e. The van der Waals surface area contributed by atoms with Gasteiger partial charge in [0.2, 0.25) is 16.4 Å². The van der Waals surface area contributed by atoms with Crippen molar-refractivity contribution in [2.45, 2.75) is 27.7 Å². The molecule has 0 saturated carbocycles. The molecule has 0 fully saturated rings. The minimum absolute atomic E-state index is 0.102. The minimum atomic E-state index is -3.81. The van der Waals surface area contributed by atoms with Crippen LogP contribution in [0, 0.1) is 0 Å². The molecule has 1 aromatic heterocycles. The Labute approximate surface area is 140 Å². The fraction of sp³-hybridized carbons (Fsp3) is 0.727. The lowest BCUT2D eigenvalue weighted by Gasteiger charge is -2.18. The Morgan fingerprint density at radius 2 is 1.04 bits per heavy atom. The Kier molecular flexibility index (Phi) is 8.24. The molecule has 0 aliphatic carbocycles. The van der Waals surface area contributed by atoms with E-state index in [1.165, 1.54) is 0 Å². The molecular formula is C11H20ClN3O6P2. The molecule has 1 aromatic rings. The second-order valence-electron chi connectivity index (χ2n) is 3.87. The predicted octanol–water partition coefficient (Wildman–Crippen LogP) is 2.31. The third-order valence-corrected chi connectivity index (χ3v) is 6.21. The molecule has 1 heterocycles. The van der Waals surface area contributed by atoms with Crippen LogP contribution in [-0.4, -0.2) is 41.4 Å². The molecule has 23 heavy (non-hydrogen) atoms. The van der Waals surface area contributed by atoms with Crippen LogP contribution in [0.1, 0.15) is 27.7 Å². The second-order valence-corrected chi connectivity index (χ2v) is 8.03. The smallest absolute Gasteiger partial charge is 0.303 e. The van der Waals surface area contributed by atoms with Crippen LogP contribution < -0.4 is 11.1 Å². The zero-order chi connectivity index (χ0) is 17.5. The normalized spacial score (nSPS) is 12.6. The molecule has 12 heteroatoms. The zero-order valence-corrected chi connectivity index (χ0v) is 15.9. The van der Waals surface area contributed by atoms with Crippen molar-refractivity contribution in [1.29, 1.82) is 0 Å². The molecule has 0 aliphatic rings. The molecule has 0 atom stereocenters. The summed E-state index contributed by atoms with van der Waals surface area (Å²) in [6.45, 7) is 6.96. The lowest BCUT2D eigenvalue weighted by Crippen LogP contribution is -2.29. The van der Waals surface area contributed by atoms with Gasteiger partial charge in [0.15, 0.2) is 0 Å². The third-order valence-electron chi connectivity index (χ3n) is 2.27. The first-order chi connectivity index (χ1) is 10.8. The van der Waals surface area contributed by atoms with Crippen molar-refractivity contribution in [3.8, 4) is 0 Å². The maximum absolute atomic E-state index is 12.7. The number of aromatic nitrogens is 3. The van der Waals surface area contributed by atoms with Crippen LogP contribution in [0.25, 0.3) is 0 Å². The highest BCUT2D eigenvalue weighted by molar-refractivity contribution is 7.62. The van der Waals surface area contributed by atoms with E-state index in [-0.39, 0.29) is 42.8 Å². The topological polar surface area (TPSA) is 110 Å². The number of hydrogen-bond acceptors (Lipinski definition) is 9. The molecule has 132 valence electrons. The van der Waals surface area contributed by atoms with Gasteiger partial charge in [0.05, 0.1) is 26.4 Å². The lowest BCUT2D eigenvalue weighted by atomic mass is 10.9. The first-order valence-electron chi connectivity index (χ1n) is 7.06. The summed E-state index contributed by atoms with van der Waals surface area (Å²) < 4.78 is 46.1. The van der Waals surface area contributed by atoms with Crippen molar-refractivity contribution in [3.05, 3.63) is 5.28 Å². The third kappa shape index (κ3) is 5.29. The Hall–Kier alpha value is -0.400. The maximum atomic E-state index is 12.7. The van der Waals surface area contributed by atoms with Gasteiger partial charge in [0, 0.05) is 0 Å². The predicted molar refractivity (Wildman–Crippen MR) is 85.8 cm³/mol. The van der Waals surface area contributed by atoms with Crippen molar-refractivity contribution in [1.82, 2.24) is 15.0 Å². The molecule has 0 aliphatic heterocycles. The number of nitrogens with zero attached hydrogens (tertiary/aromatic N) is 3. The van der Waals surface area contributed by atoms with Crippen LogP contribution in [-0.2, 0) is 27.2 Å². The molecule has 0 bridgehead atoms. The largest absolute Gasteiger partial charge is 0.398 e. The molecule has 9 nitrogen and oxygen atoms in total. The fourth-order valence-electron chi connectivity index (χ4n) is 1.56. The molecular weight excluding hydrogens is 368 g/mol. The van der Waals surface area contributed by atoms with Gasteiger partial charge in [-0.3, -0.25) is 9.13 Å². The van der Waals surface area contributed by atoms with E-state index in [0.29, 0.717) is 0 Å². The number of hydrogen-bond donors (Lipinski definition) is 0. The summed E-state index contributed by atoms with van der Waals surface area (Å²) in [5.41, 5.74) is -0.674. The van der Waals surface area contributed by atoms with Crippen molar-refractivity contribution >= 4 is 37.9 Å². The van der Waals surface area contributed by atoms with Crippen LogP contribution in [0.15, 0.2) is 0 Å². The van der Waals surface area contributed by atoms with E-state index in [4.69, 9.17) is 29.7 Å². The van der Waals surface area contributed by atoms with Crippen LogP contribution in [0.5, 0.6) is 0 Å². The van der Waals surface area contributed by atoms with Crippen molar-refractivity contribution in [2.24, 2.45) is 0 Å². The van der Waals surface area contributed by atoms with E-state index in [2.05, 4.69) is 15.0 Å². The average Bonchev–Trinajstić information content (AvgIpc) is 2.47. The van der Waals surface area contributed by atoms with Gasteiger partial charge in [-0.1, -0.05) is 0 Å². The Morgan fingerprint density at radius 1 is 0.739 bits per heavy atom. The molecule has 1 rings (SSSR count). The van der Waals surface area contributed by atoms with Gasteiger partial charge in [0.25, 0.3) is 0 Å². The van der Waals surface area contributed by atoms with Crippen LogP contribution in [0.4, 0.5) is 0 Å². The number of halogens is 1. The standard InChI is InChI=1S/C11H20ClN3O6P2/c1-5-18-22(16,19-6-2)10-13-9(12)14-11(15-10)23(17,20-7-3)21-8-4/h5-8H2,1-4H3. The van der Waals surface area contributed by atoms with Gasteiger partial charge < -0.3 is 18.1 Å². The second kappa shape index (κ2) is 9.18. The Bertz CT molecular complexity index is 549. The summed E-state index contributed by atoms with van der Waals surface area (Å²) in [6.07, 6.45) is 0. The van der Waals surface area contributed by atoms with Crippen LogP contribution >= 0.6 is 26.8 Å². The highest BCUT2D eigenvalue weighted by Gasteiger charge is 2.37. The minimum Gasteiger partial charge on any atom is -0.303 e. The Balaban J connectivity index is 3.41. The van der Waals surface area contributed by atoms with Gasteiger partial charge in [0.1, 0.15) is 0 Å². The van der Waals surface area contributed by atoms with Gasteiger partial charge in [-0.05, 0) is 39.3 Å². The molecule has 0 amide bonds. The molecule has 0 N–H and O–H groups in total. The summed E-state index contributed by atoms with van der Waals surface area (Å²) in [7, 11) is -7.62. The molecule has 0 aromatic carbocycles. The zero-order valence-electron chi connectivity index (χ0n) is 13.4. The summed E-state index contributed by atoms with van der Waals surface area (Å²) in [5.74, 6) is 0. The van der Waals surface area contributed by atoms with Crippen molar-refractivity contribution in [3.63, 3.8) is 0 Å². The molecule has 0 unspecified atom stereocenters. The van der Waals surface area contributed by atoms with E-state index in [1.54, 1.807) is 27.7 Å². The lowest BCUT2D eigenvalue weighted by molar-refractivity contribution is 0.227. The van der Waals surface area contributed by atoms with E-state index < -0.39 is 15.2 Å².